The lowest BCUT2D eigenvalue weighted by Crippen LogP contribution is -2.39. The summed E-state index contributed by atoms with van der Waals surface area (Å²) in [4.78, 5) is 0.286. The Balaban J connectivity index is 3.13. The van der Waals surface area contributed by atoms with Crippen LogP contribution < -0.4 is 10.0 Å². The molecular formula is C14H23BrN2O3S. The van der Waals surface area contributed by atoms with Crippen LogP contribution in [0.15, 0.2) is 21.5 Å². The number of sulfonamides is 1. The van der Waals surface area contributed by atoms with Gasteiger partial charge in [0.1, 0.15) is 0 Å². The third-order valence-electron chi connectivity index (χ3n) is 3.27. The fraction of sp³-hybridized carbons (Fsp3) is 0.571. The molecule has 5 nitrogen and oxygen atoms in total. The summed E-state index contributed by atoms with van der Waals surface area (Å²) in [5.74, 6) is 0. The zero-order valence-electron chi connectivity index (χ0n) is 13.1. The van der Waals surface area contributed by atoms with E-state index in [9.17, 15) is 8.42 Å². The summed E-state index contributed by atoms with van der Waals surface area (Å²) < 4.78 is 33.7. The summed E-state index contributed by atoms with van der Waals surface area (Å²) in [6.45, 7) is 6.25. The van der Waals surface area contributed by atoms with Crippen molar-refractivity contribution in [3.8, 4) is 0 Å². The van der Waals surface area contributed by atoms with Gasteiger partial charge in [-0.3, -0.25) is 0 Å². The second-order valence-electron chi connectivity index (χ2n) is 5.52. The van der Waals surface area contributed by atoms with Crippen LogP contribution in [0.2, 0.25) is 0 Å². The number of hydrogen-bond acceptors (Lipinski definition) is 4. The van der Waals surface area contributed by atoms with Crippen molar-refractivity contribution in [2.45, 2.75) is 37.8 Å². The van der Waals surface area contributed by atoms with E-state index in [-0.39, 0.29) is 11.4 Å². The van der Waals surface area contributed by atoms with Crippen molar-refractivity contribution in [1.29, 1.82) is 0 Å². The number of halogens is 1. The topological polar surface area (TPSA) is 67.4 Å². The Morgan fingerprint density at radius 2 is 1.95 bits per heavy atom. The summed E-state index contributed by atoms with van der Waals surface area (Å²) in [5, 5.41) is 3.02. The molecule has 120 valence electrons. The second kappa shape index (κ2) is 7.19. The maximum atomic E-state index is 12.5. The summed E-state index contributed by atoms with van der Waals surface area (Å²) >= 11 is 3.42. The average molecular weight is 379 g/mol. The Hall–Kier alpha value is -0.470. The first-order chi connectivity index (χ1) is 9.63. The zero-order valence-corrected chi connectivity index (χ0v) is 15.5. The molecule has 0 aliphatic heterocycles. The van der Waals surface area contributed by atoms with Crippen molar-refractivity contribution in [3.05, 3.63) is 27.7 Å². The summed E-state index contributed by atoms with van der Waals surface area (Å²) in [6, 6.07) is 3.61. The third-order valence-corrected chi connectivity index (χ3v) is 5.62. The van der Waals surface area contributed by atoms with Crippen molar-refractivity contribution in [1.82, 2.24) is 10.0 Å². The number of benzene rings is 1. The predicted molar refractivity (Wildman–Crippen MR) is 87.9 cm³/mol. The highest BCUT2D eigenvalue weighted by atomic mass is 79.9. The summed E-state index contributed by atoms with van der Waals surface area (Å²) in [7, 11) is -0.205. The van der Waals surface area contributed by atoms with E-state index in [4.69, 9.17) is 4.74 Å². The van der Waals surface area contributed by atoms with Gasteiger partial charge in [-0.15, -0.1) is 0 Å². The molecule has 0 amide bonds. The van der Waals surface area contributed by atoms with Crippen LogP contribution >= 0.6 is 15.9 Å². The van der Waals surface area contributed by atoms with Crippen molar-refractivity contribution in [2.24, 2.45) is 0 Å². The SMILES string of the molecule is CNCc1cc(Br)c(C)c(S(=O)(=O)NCC(C)(C)OC)c1. The van der Waals surface area contributed by atoms with Crippen LogP contribution in [-0.2, 0) is 21.3 Å². The fourth-order valence-corrected chi connectivity index (χ4v) is 3.86. The van der Waals surface area contributed by atoms with Gasteiger partial charge in [0.15, 0.2) is 0 Å². The molecule has 7 heteroatoms. The minimum atomic E-state index is -3.59. The molecule has 0 saturated carbocycles. The van der Waals surface area contributed by atoms with Gasteiger partial charge in [-0.05, 0) is 51.1 Å². The lowest BCUT2D eigenvalue weighted by Gasteiger charge is -2.23. The summed E-state index contributed by atoms with van der Waals surface area (Å²) in [5.41, 5.74) is 1.04. The van der Waals surface area contributed by atoms with Crippen molar-refractivity contribution < 1.29 is 13.2 Å². The van der Waals surface area contributed by atoms with E-state index in [2.05, 4.69) is 26.0 Å². The molecule has 1 aromatic rings. The predicted octanol–water partition coefficient (Wildman–Crippen LogP) is 2.18. The van der Waals surface area contributed by atoms with Gasteiger partial charge in [-0.2, -0.15) is 0 Å². The third kappa shape index (κ3) is 5.03. The van der Waals surface area contributed by atoms with Crippen LogP contribution in [0.3, 0.4) is 0 Å². The molecule has 0 radical (unpaired) electrons. The van der Waals surface area contributed by atoms with Crippen LogP contribution in [0.5, 0.6) is 0 Å². The first kappa shape index (κ1) is 18.6. The molecule has 2 N–H and O–H groups in total. The molecule has 0 unspecified atom stereocenters. The molecule has 0 heterocycles. The largest absolute Gasteiger partial charge is 0.377 e. The summed E-state index contributed by atoms with van der Waals surface area (Å²) in [6.07, 6.45) is 0. The molecule has 1 rings (SSSR count). The quantitative estimate of drug-likeness (QED) is 0.762. The average Bonchev–Trinajstić information content (AvgIpc) is 2.41. The van der Waals surface area contributed by atoms with Crippen LogP contribution in [0.1, 0.15) is 25.0 Å². The molecule has 0 bridgehead atoms. The number of methoxy groups -OCH3 is 1. The van der Waals surface area contributed by atoms with Crippen molar-refractivity contribution in [3.63, 3.8) is 0 Å². The van der Waals surface area contributed by atoms with Crippen LogP contribution in [0, 0.1) is 6.92 Å². The van der Waals surface area contributed by atoms with E-state index in [0.29, 0.717) is 12.1 Å². The first-order valence-electron chi connectivity index (χ1n) is 6.61. The van der Waals surface area contributed by atoms with E-state index in [1.807, 2.05) is 27.0 Å². The van der Waals surface area contributed by atoms with E-state index in [0.717, 1.165) is 10.0 Å². The van der Waals surface area contributed by atoms with Crippen molar-refractivity contribution in [2.75, 3.05) is 20.7 Å². The molecule has 21 heavy (non-hydrogen) atoms. The number of hydrogen-bond donors (Lipinski definition) is 2. The van der Waals surface area contributed by atoms with Gasteiger partial charge < -0.3 is 10.1 Å². The van der Waals surface area contributed by atoms with E-state index in [1.165, 1.54) is 0 Å². The van der Waals surface area contributed by atoms with E-state index in [1.54, 1.807) is 20.1 Å². The van der Waals surface area contributed by atoms with E-state index < -0.39 is 15.6 Å². The Labute approximate surface area is 135 Å². The molecule has 1 aromatic carbocycles. The second-order valence-corrected chi connectivity index (χ2v) is 8.11. The molecule has 0 fully saturated rings. The molecule has 0 aromatic heterocycles. The van der Waals surface area contributed by atoms with Gasteiger partial charge in [-0.1, -0.05) is 15.9 Å². The molecule has 0 aliphatic carbocycles. The first-order valence-corrected chi connectivity index (χ1v) is 8.89. The zero-order chi connectivity index (χ0) is 16.3. The lowest BCUT2D eigenvalue weighted by molar-refractivity contribution is 0.0276. The lowest BCUT2D eigenvalue weighted by atomic mass is 10.1. The van der Waals surface area contributed by atoms with Gasteiger partial charge in [0, 0.05) is 24.7 Å². The molecule has 0 aliphatic rings. The highest BCUT2D eigenvalue weighted by molar-refractivity contribution is 9.10. The molecule has 0 spiro atoms. The van der Waals surface area contributed by atoms with Gasteiger partial charge in [-0.25, -0.2) is 13.1 Å². The van der Waals surface area contributed by atoms with Gasteiger partial charge in [0.2, 0.25) is 10.0 Å². The maximum absolute atomic E-state index is 12.5. The number of nitrogens with one attached hydrogen (secondary N) is 2. The van der Waals surface area contributed by atoms with Gasteiger partial charge in [0.05, 0.1) is 10.5 Å². The van der Waals surface area contributed by atoms with Gasteiger partial charge >= 0.3 is 0 Å². The molecular weight excluding hydrogens is 356 g/mol. The molecule has 0 atom stereocenters. The maximum Gasteiger partial charge on any atom is 0.240 e. The number of ether oxygens (including phenoxy) is 1. The van der Waals surface area contributed by atoms with Crippen LogP contribution in [0.4, 0.5) is 0 Å². The van der Waals surface area contributed by atoms with Crippen LogP contribution in [-0.4, -0.2) is 34.7 Å². The van der Waals surface area contributed by atoms with Gasteiger partial charge in [0.25, 0.3) is 0 Å². The Morgan fingerprint density at radius 3 is 2.48 bits per heavy atom. The fourth-order valence-electron chi connectivity index (χ4n) is 1.71. The van der Waals surface area contributed by atoms with Crippen molar-refractivity contribution >= 4 is 26.0 Å². The number of rotatable bonds is 7. The Morgan fingerprint density at radius 1 is 1.33 bits per heavy atom. The molecule has 0 saturated heterocycles. The minimum Gasteiger partial charge on any atom is -0.377 e. The Kier molecular flexibility index (Phi) is 6.36. The highest BCUT2D eigenvalue weighted by Crippen LogP contribution is 2.26. The normalized spacial score (nSPS) is 12.7. The van der Waals surface area contributed by atoms with Crippen LogP contribution in [0.25, 0.3) is 0 Å². The monoisotopic (exact) mass is 378 g/mol. The highest BCUT2D eigenvalue weighted by Gasteiger charge is 2.24. The minimum absolute atomic E-state index is 0.207. The Bertz CT molecular complexity index is 600. The van der Waals surface area contributed by atoms with E-state index >= 15 is 0 Å². The standard InChI is InChI=1S/C14H23BrN2O3S/c1-10-12(15)6-11(8-16-4)7-13(10)21(18,19)17-9-14(2,3)20-5/h6-7,16-17H,8-9H2,1-5H3. The smallest absolute Gasteiger partial charge is 0.240 e.